The SMILES string of the molecule is CCCP(CCC)C(C)=C(c1ccccc1)c1ccccc1. The third-order valence-corrected chi connectivity index (χ3v) is 7.09. The van der Waals surface area contributed by atoms with E-state index in [1.165, 1.54) is 41.9 Å². The van der Waals surface area contributed by atoms with Gasteiger partial charge in [0, 0.05) is 0 Å². The largest absolute Gasteiger partial charge is 0.0794 e. The third-order valence-electron chi connectivity index (χ3n) is 3.95. The lowest BCUT2D eigenvalue weighted by atomic mass is 9.98. The molecule has 0 heterocycles. The van der Waals surface area contributed by atoms with Gasteiger partial charge in [0.15, 0.2) is 0 Å². The molecule has 2 aromatic rings. The molecule has 0 saturated heterocycles. The first-order valence-corrected chi connectivity index (χ1v) is 10.1. The van der Waals surface area contributed by atoms with Crippen LogP contribution in [-0.2, 0) is 0 Å². The monoisotopic (exact) mass is 310 g/mol. The van der Waals surface area contributed by atoms with Crippen molar-refractivity contribution >= 4 is 13.5 Å². The molecule has 0 atom stereocenters. The van der Waals surface area contributed by atoms with Crippen LogP contribution < -0.4 is 0 Å². The Kier molecular flexibility index (Phi) is 6.87. The maximum absolute atomic E-state index is 2.37. The van der Waals surface area contributed by atoms with Gasteiger partial charge in [-0.05, 0) is 41.3 Å². The standard InChI is InChI=1S/C21H27P/c1-4-16-22(17-5-2)18(3)21(19-12-8-6-9-13-19)20-14-10-7-11-15-20/h6-15H,4-5,16-17H2,1-3H3. The fourth-order valence-electron chi connectivity index (χ4n) is 2.94. The zero-order valence-electron chi connectivity index (χ0n) is 14.0. The first-order valence-electron chi connectivity index (χ1n) is 8.34. The van der Waals surface area contributed by atoms with Gasteiger partial charge in [0.25, 0.3) is 0 Å². The molecule has 0 radical (unpaired) electrons. The van der Waals surface area contributed by atoms with E-state index in [1.807, 2.05) is 0 Å². The van der Waals surface area contributed by atoms with Gasteiger partial charge in [0.05, 0.1) is 0 Å². The molecule has 0 aliphatic heterocycles. The molecule has 0 nitrogen and oxygen atoms in total. The molecule has 0 aliphatic carbocycles. The molecule has 0 amide bonds. The van der Waals surface area contributed by atoms with Gasteiger partial charge in [-0.2, -0.15) is 0 Å². The average molecular weight is 310 g/mol. The van der Waals surface area contributed by atoms with Crippen molar-refractivity contribution in [1.29, 1.82) is 0 Å². The van der Waals surface area contributed by atoms with Crippen molar-refractivity contribution in [3.8, 4) is 0 Å². The summed E-state index contributed by atoms with van der Waals surface area (Å²) in [5.74, 6) is 0. The summed E-state index contributed by atoms with van der Waals surface area (Å²) in [5.41, 5.74) is 4.16. The van der Waals surface area contributed by atoms with E-state index >= 15 is 0 Å². The molecule has 0 fully saturated rings. The highest BCUT2D eigenvalue weighted by Gasteiger charge is 2.15. The second kappa shape index (κ2) is 8.91. The summed E-state index contributed by atoms with van der Waals surface area (Å²) < 4.78 is 0. The van der Waals surface area contributed by atoms with Crippen molar-refractivity contribution in [2.75, 3.05) is 12.3 Å². The molecule has 0 N–H and O–H groups in total. The van der Waals surface area contributed by atoms with E-state index in [0.29, 0.717) is 0 Å². The van der Waals surface area contributed by atoms with Gasteiger partial charge in [-0.3, -0.25) is 0 Å². The van der Waals surface area contributed by atoms with Crippen molar-refractivity contribution < 1.29 is 0 Å². The van der Waals surface area contributed by atoms with Crippen LogP contribution in [0.1, 0.15) is 44.7 Å². The fourth-order valence-corrected chi connectivity index (χ4v) is 5.49. The Hall–Kier alpha value is -1.39. The molecular formula is C21H27P. The normalized spacial score (nSPS) is 10.7. The van der Waals surface area contributed by atoms with Crippen molar-refractivity contribution in [1.82, 2.24) is 0 Å². The van der Waals surface area contributed by atoms with Crippen molar-refractivity contribution in [3.05, 3.63) is 77.1 Å². The lowest BCUT2D eigenvalue weighted by Crippen LogP contribution is -1.96. The van der Waals surface area contributed by atoms with Crippen molar-refractivity contribution in [3.63, 3.8) is 0 Å². The van der Waals surface area contributed by atoms with Gasteiger partial charge in [0.2, 0.25) is 0 Å². The first kappa shape index (κ1) is 17.0. The first-order chi connectivity index (χ1) is 10.8. The number of rotatable bonds is 7. The smallest absolute Gasteiger partial charge is 0.00775 e. The quantitative estimate of drug-likeness (QED) is 0.495. The Bertz CT molecular complexity index is 536. The Labute approximate surface area is 137 Å². The van der Waals surface area contributed by atoms with Crippen molar-refractivity contribution in [2.24, 2.45) is 0 Å². The molecule has 2 aromatic carbocycles. The van der Waals surface area contributed by atoms with Gasteiger partial charge < -0.3 is 0 Å². The Morgan fingerprint density at radius 2 is 1.14 bits per heavy atom. The Morgan fingerprint density at radius 3 is 1.50 bits per heavy atom. The van der Waals surface area contributed by atoms with Crippen LogP contribution in [-0.4, -0.2) is 12.3 Å². The summed E-state index contributed by atoms with van der Waals surface area (Å²) >= 11 is 0. The summed E-state index contributed by atoms with van der Waals surface area (Å²) in [7, 11) is -0.0290. The minimum Gasteiger partial charge on any atom is -0.0794 e. The van der Waals surface area contributed by atoms with Crippen LogP contribution in [0.3, 0.4) is 0 Å². The summed E-state index contributed by atoms with van der Waals surface area (Å²) in [4.78, 5) is 0. The third kappa shape index (κ3) is 4.31. The molecule has 1 heteroatoms. The maximum atomic E-state index is 2.37. The van der Waals surface area contributed by atoms with Crippen LogP contribution in [0.2, 0.25) is 0 Å². The molecule has 0 aromatic heterocycles. The molecule has 0 unspecified atom stereocenters. The van der Waals surface area contributed by atoms with Crippen LogP contribution in [0.15, 0.2) is 66.0 Å². The highest BCUT2D eigenvalue weighted by molar-refractivity contribution is 7.62. The molecular weight excluding hydrogens is 283 g/mol. The second-order valence-electron chi connectivity index (χ2n) is 5.68. The number of hydrogen-bond acceptors (Lipinski definition) is 0. The summed E-state index contributed by atoms with van der Waals surface area (Å²) in [6, 6.07) is 21.8. The predicted octanol–water partition coefficient (Wildman–Crippen LogP) is 6.77. The van der Waals surface area contributed by atoms with Gasteiger partial charge >= 0.3 is 0 Å². The van der Waals surface area contributed by atoms with Gasteiger partial charge in [-0.1, -0.05) is 95.3 Å². The highest BCUT2D eigenvalue weighted by Crippen LogP contribution is 2.50. The predicted molar refractivity (Wildman–Crippen MR) is 102 cm³/mol. The van der Waals surface area contributed by atoms with Crippen LogP contribution >= 0.6 is 7.92 Å². The Balaban J connectivity index is 2.54. The van der Waals surface area contributed by atoms with E-state index in [9.17, 15) is 0 Å². The van der Waals surface area contributed by atoms with Gasteiger partial charge in [0.1, 0.15) is 0 Å². The minimum absolute atomic E-state index is 0.0290. The summed E-state index contributed by atoms with van der Waals surface area (Å²) in [6.07, 6.45) is 5.25. The zero-order valence-corrected chi connectivity index (χ0v) is 14.9. The van der Waals surface area contributed by atoms with E-state index in [2.05, 4.69) is 81.4 Å². The molecule has 0 saturated carbocycles. The van der Waals surface area contributed by atoms with Crippen LogP contribution in [0, 0.1) is 0 Å². The number of hydrogen-bond donors (Lipinski definition) is 0. The highest BCUT2D eigenvalue weighted by atomic mass is 31.1. The molecule has 116 valence electrons. The molecule has 2 rings (SSSR count). The van der Waals surface area contributed by atoms with Crippen molar-refractivity contribution in [2.45, 2.75) is 33.6 Å². The lowest BCUT2D eigenvalue weighted by Gasteiger charge is -2.22. The van der Waals surface area contributed by atoms with E-state index in [-0.39, 0.29) is 7.92 Å². The maximum Gasteiger partial charge on any atom is -0.00775 e. The molecule has 0 bridgehead atoms. The molecule has 0 spiro atoms. The van der Waals surface area contributed by atoms with E-state index < -0.39 is 0 Å². The molecule has 22 heavy (non-hydrogen) atoms. The second-order valence-corrected chi connectivity index (χ2v) is 8.32. The van der Waals surface area contributed by atoms with Crippen LogP contribution in [0.25, 0.3) is 5.57 Å². The molecule has 0 aliphatic rings. The summed E-state index contributed by atoms with van der Waals surface area (Å²) in [6.45, 7) is 6.98. The van der Waals surface area contributed by atoms with E-state index in [4.69, 9.17) is 0 Å². The van der Waals surface area contributed by atoms with Crippen LogP contribution in [0.4, 0.5) is 0 Å². The van der Waals surface area contributed by atoms with Gasteiger partial charge in [-0.25, -0.2) is 0 Å². The topological polar surface area (TPSA) is 0 Å². The van der Waals surface area contributed by atoms with Gasteiger partial charge in [-0.15, -0.1) is 0 Å². The van der Waals surface area contributed by atoms with E-state index in [1.54, 1.807) is 5.31 Å². The average Bonchev–Trinajstić information content (AvgIpc) is 2.57. The lowest BCUT2D eigenvalue weighted by molar-refractivity contribution is 1.05. The minimum atomic E-state index is -0.0290. The Morgan fingerprint density at radius 1 is 0.727 bits per heavy atom. The number of benzene rings is 2. The van der Waals surface area contributed by atoms with Crippen LogP contribution in [0.5, 0.6) is 0 Å². The summed E-state index contributed by atoms with van der Waals surface area (Å²) in [5, 5.41) is 1.61. The fraction of sp³-hybridized carbons (Fsp3) is 0.333. The zero-order chi connectivity index (χ0) is 15.8. The van der Waals surface area contributed by atoms with E-state index in [0.717, 1.165) is 0 Å². The number of allylic oxidation sites excluding steroid dienone is 1.